The van der Waals surface area contributed by atoms with Crippen LogP contribution in [0.3, 0.4) is 0 Å². The number of hydrogen-bond acceptors (Lipinski definition) is 2. The lowest BCUT2D eigenvalue weighted by Crippen LogP contribution is -2.25. The summed E-state index contributed by atoms with van der Waals surface area (Å²) < 4.78 is 0. The van der Waals surface area contributed by atoms with E-state index in [-0.39, 0.29) is 17.5 Å². The van der Waals surface area contributed by atoms with Gasteiger partial charge in [-0.3, -0.25) is 4.79 Å². The quantitative estimate of drug-likeness (QED) is 0.804. The standard InChI is InChI=1S/C15H22O2/c1-9(2)14(10(3)4)15(17)12-6-7-13(16)11(5)8-12/h6-10,14,16H,1-5H3. The van der Waals surface area contributed by atoms with Crippen molar-refractivity contribution in [2.45, 2.75) is 34.6 Å². The molecule has 0 bridgehead atoms. The Morgan fingerprint density at radius 3 is 2.06 bits per heavy atom. The van der Waals surface area contributed by atoms with Crippen LogP contribution in [0.15, 0.2) is 18.2 Å². The zero-order valence-electron chi connectivity index (χ0n) is 11.3. The largest absolute Gasteiger partial charge is 0.508 e. The molecule has 2 heteroatoms. The van der Waals surface area contributed by atoms with Crippen LogP contribution in [0, 0.1) is 24.7 Å². The first-order chi connectivity index (χ1) is 7.84. The highest BCUT2D eigenvalue weighted by Crippen LogP contribution is 2.27. The molecular formula is C15H22O2. The minimum absolute atomic E-state index is 0.0407. The van der Waals surface area contributed by atoms with Crippen LogP contribution >= 0.6 is 0 Å². The van der Waals surface area contributed by atoms with E-state index < -0.39 is 0 Å². The van der Waals surface area contributed by atoms with Crippen LogP contribution in [0.1, 0.15) is 43.6 Å². The number of carbonyl (C=O) groups excluding carboxylic acids is 1. The number of benzene rings is 1. The maximum Gasteiger partial charge on any atom is 0.166 e. The molecule has 0 spiro atoms. The maximum absolute atomic E-state index is 12.4. The number of aromatic hydroxyl groups is 1. The minimum Gasteiger partial charge on any atom is -0.508 e. The molecule has 0 heterocycles. The predicted molar refractivity (Wildman–Crippen MR) is 70.3 cm³/mol. The molecular weight excluding hydrogens is 212 g/mol. The number of phenolic OH excluding ortho intramolecular Hbond substituents is 1. The fourth-order valence-corrected chi connectivity index (χ4v) is 2.38. The van der Waals surface area contributed by atoms with Gasteiger partial charge in [0.25, 0.3) is 0 Å². The van der Waals surface area contributed by atoms with Crippen LogP contribution in [-0.4, -0.2) is 10.9 Å². The number of carbonyl (C=O) groups is 1. The Kier molecular flexibility index (Phi) is 4.33. The fraction of sp³-hybridized carbons (Fsp3) is 0.533. The van der Waals surface area contributed by atoms with Gasteiger partial charge < -0.3 is 5.11 Å². The highest BCUT2D eigenvalue weighted by molar-refractivity contribution is 5.98. The third kappa shape index (κ3) is 3.09. The molecule has 1 rings (SSSR count). The van der Waals surface area contributed by atoms with Crippen LogP contribution in [-0.2, 0) is 0 Å². The Morgan fingerprint density at radius 2 is 1.65 bits per heavy atom. The van der Waals surface area contributed by atoms with Crippen LogP contribution < -0.4 is 0 Å². The molecule has 0 saturated carbocycles. The summed E-state index contributed by atoms with van der Waals surface area (Å²) in [5.74, 6) is 1.12. The smallest absolute Gasteiger partial charge is 0.166 e. The number of aryl methyl sites for hydroxylation is 1. The van der Waals surface area contributed by atoms with Crippen LogP contribution in [0.4, 0.5) is 0 Å². The molecule has 0 aromatic heterocycles. The molecule has 17 heavy (non-hydrogen) atoms. The minimum atomic E-state index is 0.0407. The average Bonchev–Trinajstić information content (AvgIpc) is 2.20. The summed E-state index contributed by atoms with van der Waals surface area (Å²) >= 11 is 0. The van der Waals surface area contributed by atoms with Gasteiger partial charge in [-0.05, 0) is 42.5 Å². The first-order valence-corrected chi connectivity index (χ1v) is 6.18. The van der Waals surface area contributed by atoms with Crippen LogP contribution in [0.25, 0.3) is 0 Å². The van der Waals surface area contributed by atoms with Gasteiger partial charge in [0.05, 0.1) is 0 Å². The van der Waals surface area contributed by atoms with E-state index in [0.29, 0.717) is 17.4 Å². The lowest BCUT2D eigenvalue weighted by molar-refractivity contribution is 0.0839. The molecule has 0 aliphatic heterocycles. The van der Waals surface area contributed by atoms with E-state index >= 15 is 0 Å². The van der Waals surface area contributed by atoms with E-state index in [1.807, 2.05) is 6.92 Å². The van der Waals surface area contributed by atoms with Gasteiger partial charge in [-0.15, -0.1) is 0 Å². The highest BCUT2D eigenvalue weighted by atomic mass is 16.3. The SMILES string of the molecule is Cc1cc(C(=O)C(C(C)C)C(C)C)ccc1O. The monoisotopic (exact) mass is 234 g/mol. The zero-order chi connectivity index (χ0) is 13.2. The van der Waals surface area contributed by atoms with Crippen molar-refractivity contribution >= 4 is 5.78 Å². The molecule has 2 nitrogen and oxygen atoms in total. The maximum atomic E-state index is 12.4. The van der Waals surface area contributed by atoms with Crippen LogP contribution in [0.5, 0.6) is 5.75 Å². The molecule has 0 amide bonds. The summed E-state index contributed by atoms with van der Waals surface area (Å²) in [7, 11) is 0. The molecule has 1 N–H and O–H groups in total. The van der Waals surface area contributed by atoms with Crippen LogP contribution in [0.2, 0.25) is 0 Å². The van der Waals surface area contributed by atoms with Gasteiger partial charge in [0.2, 0.25) is 0 Å². The third-order valence-corrected chi connectivity index (χ3v) is 3.22. The van der Waals surface area contributed by atoms with Crippen molar-refractivity contribution in [3.8, 4) is 5.75 Å². The number of ketones is 1. The lowest BCUT2D eigenvalue weighted by Gasteiger charge is -2.23. The topological polar surface area (TPSA) is 37.3 Å². The summed E-state index contributed by atoms with van der Waals surface area (Å²) in [6, 6.07) is 5.08. The highest BCUT2D eigenvalue weighted by Gasteiger charge is 2.26. The molecule has 0 saturated heterocycles. The van der Waals surface area contributed by atoms with E-state index in [9.17, 15) is 9.90 Å². The Labute approximate surface area is 104 Å². The normalized spacial score (nSPS) is 11.5. The van der Waals surface area contributed by atoms with Gasteiger partial charge in [-0.25, -0.2) is 0 Å². The fourth-order valence-electron chi connectivity index (χ4n) is 2.38. The second-order valence-electron chi connectivity index (χ2n) is 5.38. The third-order valence-electron chi connectivity index (χ3n) is 3.22. The number of hydrogen-bond donors (Lipinski definition) is 1. The number of phenols is 1. The van der Waals surface area contributed by atoms with Gasteiger partial charge in [0, 0.05) is 11.5 Å². The van der Waals surface area contributed by atoms with Gasteiger partial charge in [0.1, 0.15) is 5.75 Å². The van der Waals surface area contributed by atoms with Crippen molar-refractivity contribution < 1.29 is 9.90 Å². The number of Topliss-reactive ketones (excluding diaryl/α,β-unsaturated/α-hetero) is 1. The average molecular weight is 234 g/mol. The van der Waals surface area contributed by atoms with Gasteiger partial charge in [-0.2, -0.15) is 0 Å². The molecule has 0 aliphatic rings. The summed E-state index contributed by atoms with van der Waals surface area (Å²) in [4.78, 5) is 12.4. The molecule has 1 aromatic rings. The zero-order valence-corrected chi connectivity index (χ0v) is 11.3. The Balaban J connectivity index is 3.06. The molecule has 0 radical (unpaired) electrons. The van der Waals surface area contributed by atoms with Gasteiger partial charge >= 0.3 is 0 Å². The number of rotatable bonds is 4. The lowest BCUT2D eigenvalue weighted by atomic mass is 9.80. The first kappa shape index (κ1) is 13.8. The van der Waals surface area contributed by atoms with E-state index in [2.05, 4.69) is 27.7 Å². The molecule has 0 unspecified atom stereocenters. The summed E-state index contributed by atoms with van der Waals surface area (Å²) in [6.07, 6.45) is 0. The first-order valence-electron chi connectivity index (χ1n) is 6.18. The van der Waals surface area contributed by atoms with E-state index in [1.165, 1.54) is 0 Å². The van der Waals surface area contributed by atoms with Gasteiger partial charge in [-0.1, -0.05) is 27.7 Å². The summed E-state index contributed by atoms with van der Waals surface area (Å²) in [6.45, 7) is 10.1. The molecule has 0 aliphatic carbocycles. The Morgan fingerprint density at radius 1 is 1.12 bits per heavy atom. The molecule has 0 fully saturated rings. The Bertz CT molecular complexity index is 397. The Hall–Kier alpha value is -1.31. The van der Waals surface area contributed by atoms with E-state index in [0.717, 1.165) is 5.56 Å². The molecule has 1 aromatic carbocycles. The van der Waals surface area contributed by atoms with Gasteiger partial charge in [0.15, 0.2) is 5.78 Å². The van der Waals surface area contributed by atoms with E-state index in [1.54, 1.807) is 18.2 Å². The van der Waals surface area contributed by atoms with Crippen molar-refractivity contribution in [2.75, 3.05) is 0 Å². The summed E-state index contributed by atoms with van der Waals surface area (Å²) in [5, 5.41) is 9.47. The molecule has 0 atom stereocenters. The van der Waals surface area contributed by atoms with Crippen molar-refractivity contribution in [1.82, 2.24) is 0 Å². The van der Waals surface area contributed by atoms with Crippen molar-refractivity contribution in [2.24, 2.45) is 17.8 Å². The van der Waals surface area contributed by atoms with Crippen molar-refractivity contribution in [3.05, 3.63) is 29.3 Å². The van der Waals surface area contributed by atoms with Crippen molar-refractivity contribution in [3.63, 3.8) is 0 Å². The van der Waals surface area contributed by atoms with Crippen molar-refractivity contribution in [1.29, 1.82) is 0 Å². The molecule has 94 valence electrons. The summed E-state index contributed by atoms with van der Waals surface area (Å²) in [5.41, 5.74) is 1.45. The second-order valence-corrected chi connectivity index (χ2v) is 5.38. The second kappa shape index (κ2) is 5.35. The predicted octanol–water partition coefficient (Wildman–Crippen LogP) is 3.81. The van der Waals surface area contributed by atoms with E-state index in [4.69, 9.17) is 0 Å².